The Balaban J connectivity index is 2.50. The van der Waals surface area contributed by atoms with Crippen LogP contribution in [0.15, 0.2) is 16.1 Å². The molecule has 10 nitrogen and oxygen atoms in total. The highest BCUT2D eigenvalue weighted by Crippen LogP contribution is 2.39. The summed E-state index contributed by atoms with van der Waals surface area (Å²) in [6, 6.07) is 0. The molecule has 1 fully saturated rings. The quantitative estimate of drug-likeness (QED) is 0.376. The fourth-order valence-corrected chi connectivity index (χ4v) is 1.92. The van der Waals surface area contributed by atoms with Gasteiger partial charge in [-0.1, -0.05) is 5.11 Å². The number of nitrogens with zero attached hydrogens (tertiary/aromatic N) is 5. The zero-order chi connectivity index (χ0) is 15.8. The van der Waals surface area contributed by atoms with Crippen LogP contribution < -0.4 is 11.4 Å². The third-order valence-corrected chi connectivity index (χ3v) is 3.01. The number of hydrogen-bond donors (Lipinski definition) is 3. The molecule has 0 aliphatic carbocycles. The van der Waals surface area contributed by atoms with Gasteiger partial charge < -0.3 is 20.7 Å². The number of alkyl halides is 1. The van der Waals surface area contributed by atoms with Crippen LogP contribution in [0, 0.1) is 5.82 Å². The van der Waals surface area contributed by atoms with Gasteiger partial charge in [0.25, 0.3) is 0 Å². The third kappa shape index (κ3) is 2.29. The monoisotopic (exact) mass is 304 g/mol. The highest BCUT2D eigenvalue weighted by atomic mass is 19.1. The number of aliphatic hydroxyl groups excluding tert-OH is 2. The van der Waals surface area contributed by atoms with Gasteiger partial charge in [-0.3, -0.25) is 4.57 Å². The molecule has 0 amide bonds. The largest absolute Gasteiger partial charge is 0.393 e. The van der Waals surface area contributed by atoms with Gasteiger partial charge in [-0.25, -0.2) is 13.6 Å². The number of aromatic nitrogens is 2. The Kier molecular flexibility index (Phi) is 3.78. The summed E-state index contributed by atoms with van der Waals surface area (Å²) in [5, 5.41) is 21.9. The minimum atomic E-state index is -2.32. The summed E-state index contributed by atoms with van der Waals surface area (Å²) >= 11 is 0. The number of hydrogen-bond acceptors (Lipinski definition) is 7. The van der Waals surface area contributed by atoms with Crippen LogP contribution in [0.25, 0.3) is 10.4 Å². The standard InChI is InChI=1S/C9H10F2N6O4/c10-3-1-17(8(20)14-6(3)12)7-4(11)5(19)9(2-18,21-7)15-16-13/h1,4-5,7,18-19H,2H2,(H2,12,14,20). The van der Waals surface area contributed by atoms with Crippen LogP contribution in [0.1, 0.15) is 6.23 Å². The first kappa shape index (κ1) is 15.1. The Morgan fingerprint density at radius 2 is 2.38 bits per heavy atom. The smallest absolute Gasteiger partial charge is 0.351 e. The van der Waals surface area contributed by atoms with Gasteiger partial charge in [-0.2, -0.15) is 4.98 Å². The predicted molar refractivity (Wildman–Crippen MR) is 62.9 cm³/mol. The zero-order valence-electron chi connectivity index (χ0n) is 10.3. The minimum Gasteiger partial charge on any atom is -0.393 e. The Morgan fingerprint density at radius 1 is 1.71 bits per heavy atom. The molecule has 12 heteroatoms. The summed E-state index contributed by atoms with van der Waals surface area (Å²) in [6.07, 6.45) is -5.63. The van der Waals surface area contributed by atoms with E-state index in [4.69, 9.17) is 21.1 Å². The summed E-state index contributed by atoms with van der Waals surface area (Å²) in [7, 11) is 0. The summed E-state index contributed by atoms with van der Waals surface area (Å²) in [5.41, 5.74) is 10.0. The number of nitrogen functional groups attached to an aromatic ring is 1. The molecule has 0 bridgehead atoms. The van der Waals surface area contributed by atoms with E-state index in [-0.39, 0.29) is 0 Å². The summed E-state index contributed by atoms with van der Waals surface area (Å²) in [6.45, 7) is -1.05. The molecule has 1 aliphatic heterocycles. The van der Waals surface area contributed by atoms with Crippen molar-refractivity contribution in [2.45, 2.75) is 24.2 Å². The first-order valence-electron chi connectivity index (χ1n) is 5.57. The average molecular weight is 304 g/mol. The van der Waals surface area contributed by atoms with Gasteiger partial charge in [0.15, 0.2) is 24.0 Å². The molecule has 0 radical (unpaired) electrons. The van der Waals surface area contributed by atoms with Crippen molar-refractivity contribution >= 4 is 5.82 Å². The Bertz CT molecular complexity index is 662. The molecule has 21 heavy (non-hydrogen) atoms. The van der Waals surface area contributed by atoms with Crippen LogP contribution in [0.3, 0.4) is 0 Å². The van der Waals surface area contributed by atoms with E-state index >= 15 is 0 Å². The fraction of sp³-hybridized carbons (Fsp3) is 0.556. The molecule has 4 unspecified atom stereocenters. The molecule has 2 heterocycles. The molecule has 2 rings (SSSR count). The lowest BCUT2D eigenvalue weighted by Gasteiger charge is -2.23. The maximum atomic E-state index is 14.1. The molecular formula is C9H10F2N6O4. The molecule has 4 N–H and O–H groups in total. The maximum absolute atomic E-state index is 14.1. The van der Waals surface area contributed by atoms with Crippen molar-refractivity contribution in [1.82, 2.24) is 9.55 Å². The van der Waals surface area contributed by atoms with Gasteiger partial charge in [-0.15, -0.1) is 0 Å². The molecule has 114 valence electrons. The molecular weight excluding hydrogens is 294 g/mol. The normalized spacial score (nSPS) is 31.9. The highest BCUT2D eigenvalue weighted by molar-refractivity contribution is 5.26. The van der Waals surface area contributed by atoms with Crippen molar-refractivity contribution in [3.05, 3.63) is 32.9 Å². The van der Waals surface area contributed by atoms with Gasteiger partial charge in [0.2, 0.25) is 5.72 Å². The minimum absolute atomic E-state index is 0.407. The van der Waals surface area contributed by atoms with Crippen molar-refractivity contribution in [2.24, 2.45) is 5.11 Å². The zero-order valence-corrected chi connectivity index (χ0v) is 10.3. The SMILES string of the molecule is [N-]=[N+]=NC1(CO)OC(n2cc(F)c(N)nc2=O)C(F)C1O. The first-order valence-corrected chi connectivity index (χ1v) is 5.57. The van der Waals surface area contributed by atoms with E-state index < -0.39 is 48.2 Å². The molecule has 1 aliphatic rings. The van der Waals surface area contributed by atoms with E-state index in [9.17, 15) is 18.7 Å². The molecule has 0 aromatic carbocycles. The topological polar surface area (TPSA) is 159 Å². The van der Waals surface area contributed by atoms with Crippen molar-refractivity contribution in [1.29, 1.82) is 0 Å². The van der Waals surface area contributed by atoms with E-state index in [1.807, 2.05) is 0 Å². The Hall–Kier alpha value is -2.27. The van der Waals surface area contributed by atoms with Crippen LogP contribution in [-0.2, 0) is 4.74 Å². The van der Waals surface area contributed by atoms with Gasteiger partial charge in [0, 0.05) is 4.91 Å². The average Bonchev–Trinajstić information content (AvgIpc) is 2.69. The predicted octanol–water partition coefficient (Wildman–Crippen LogP) is -0.809. The van der Waals surface area contributed by atoms with Crippen LogP contribution in [0.2, 0.25) is 0 Å². The number of rotatable bonds is 3. The first-order chi connectivity index (χ1) is 9.86. The molecule has 0 saturated carbocycles. The molecule has 1 aromatic rings. The van der Waals surface area contributed by atoms with Gasteiger partial charge in [-0.05, 0) is 5.53 Å². The van der Waals surface area contributed by atoms with Crippen molar-refractivity contribution in [2.75, 3.05) is 12.3 Å². The van der Waals surface area contributed by atoms with Crippen molar-refractivity contribution < 1.29 is 23.7 Å². The summed E-state index contributed by atoms with van der Waals surface area (Å²) in [5.74, 6) is -1.79. The molecule has 1 aromatic heterocycles. The van der Waals surface area contributed by atoms with Gasteiger partial charge in [0.05, 0.1) is 12.8 Å². The van der Waals surface area contributed by atoms with Crippen molar-refractivity contribution in [3.8, 4) is 0 Å². The van der Waals surface area contributed by atoms with Crippen LogP contribution >= 0.6 is 0 Å². The third-order valence-electron chi connectivity index (χ3n) is 3.01. The Labute approximate surface area is 115 Å². The van der Waals surface area contributed by atoms with E-state index in [1.165, 1.54) is 0 Å². The number of azide groups is 1. The number of ether oxygens (including phenoxy) is 1. The second-order valence-corrected chi connectivity index (χ2v) is 4.25. The lowest BCUT2D eigenvalue weighted by molar-refractivity contribution is -0.124. The van der Waals surface area contributed by atoms with E-state index in [0.29, 0.717) is 10.8 Å². The molecule has 0 spiro atoms. The van der Waals surface area contributed by atoms with Crippen LogP contribution in [0.4, 0.5) is 14.6 Å². The summed E-state index contributed by atoms with van der Waals surface area (Å²) in [4.78, 5) is 17.1. The second kappa shape index (κ2) is 5.26. The van der Waals surface area contributed by atoms with E-state index in [0.717, 1.165) is 0 Å². The lowest BCUT2D eigenvalue weighted by Crippen LogP contribution is -2.43. The number of nitrogens with two attached hydrogens (primary N) is 1. The van der Waals surface area contributed by atoms with E-state index in [2.05, 4.69) is 15.0 Å². The summed E-state index contributed by atoms with van der Waals surface area (Å²) < 4.78 is 32.8. The second-order valence-electron chi connectivity index (χ2n) is 4.25. The molecule has 4 atom stereocenters. The number of aliphatic hydroxyl groups is 2. The number of halogens is 2. The molecule has 1 saturated heterocycles. The van der Waals surface area contributed by atoms with Crippen LogP contribution in [0.5, 0.6) is 0 Å². The van der Waals surface area contributed by atoms with Gasteiger partial charge in [0.1, 0.15) is 6.10 Å². The van der Waals surface area contributed by atoms with Crippen LogP contribution in [-0.4, -0.2) is 44.4 Å². The number of anilines is 1. The van der Waals surface area contributed by atoms with E-state index in [1.54, 1.807) is 0 Å². The Morgan fingerprint density at radius 3 is 2.95 bits per heavy atom. The lowest BCUT2D eigenvalue weighted by atomic mass is 10.1. The maximum Gasteiger partial charge on any atom is 0.351 e. The van der Waals surface area contributed by atoms with Crippen molar-refractivity contribution in [3.63, 3.8) is 0 Å². The van der Waals surface area contributed by atoms with Gasteiger partial charge >= 0.3 is 5.69 Å². The fourth-order valence-electron chi connectivity index (χ4n) is 1.92. The highest BCUT2D eigenvalue weighted by Gasteiger charge is 2.56.